The second kappa shape index (κ2) is 6.26. The zero-order chi connectivity index (χ0) is 13.7. The maximum Gasteiger partial charge on any atom is 0.135 e. The summed E-state index contributed by atoms with van der Waals surface area (Å²) >= 11 is 5.50. The van der Waals surface area contributed by atoms with Crippen molar-refractivity contribution in [1.82, 2.24) is 9.78 Å². The molecule has 0 unspecified atom stereocenters. The Morgan fingerprint density at radius 1 is 1.47 bits per heavy atom. The van der Waals surface area contributed by atoms with E-state index in [1.165, 1.54) is 12.1 Å². The molecule has 0 fully saturated rings. The molecule has 1 heterocycles. The molecule has 1 aromatic heterocycles. The molecule has 0 N–H and O–H groups in total. The van der Waals surface area contributed by atoms with E-state index in [9.17, 15) is 4.39 Å². The van der Waals surface area contributed by atoms with Crippen LogP contribution in [-0.4, -0.2) is 15.7 Å². The molecule has 0 saturated carbocycles. The van der Waals surface area contributed by atoms with Crippen LogP contribution in [0.3, 0.4) is 0 Å². The second-order valence-electron chi connectivity index (χ2n) is 3.89. The topological polar surface area (TPSA) is 27.1 Å². The minimum atomic E-state index is -0.354. The lowest BCUT2D eigenvalue weighted by Gasteiger charge is -2.07. The van der Waals surface area contributed by atoms with Gasteiger partial charge in [-0.3, -0.25) is 4.68 Å². The first-order chi connectivity index (χ1) is 9.19. The van der Waals surface area contributed by atoms with Crippen LogP contribution in [0.25, 0.3) is 0 Å². The van der Waals surface area contributed by atoms with Crippen LogP contribution in [0.5, 0.6) is 5.75 Å². The maximum absolute atomic E-state index is 13.2. The van der Waals surface area contributed by atoms with Crippen LogP contribution in [0.4, 0.5) is 4.39 Å². The van der Waals surface area contributed by atoms with E-state index in [4.69, 9.17) is 16.3 Å². The highest BCUT2D eigenvalue weighted by Gasteiger charge is 2.04. The molecular weight excluding hydrogens is 267 g/mol. The molecule has 0 saturated heterocycles. The fourth-order valence-corrected chi connectivity index (χ4v) is 1.63. The maximum atomic E-state index is 13.2. The molecule has 98 valence electrons. The quantitative estimate of drug-likeness (QED) is 0.638. The van der Waals surface area contributed by atoms with Crippen molar-refractivity contribution in [2.75, 3.05) is 5.88 Å². The summed E-state index contributed by atoms with van der Waals surface area (Å²) in [7, 11) is 1.83. The summed E-state index contributed by atoms with van der Waals surface area (Å²) in [5, 5.41) is 4.05. The number of hydrogen-bond acceptors (Lipinski definition) is 2. The number of alkyl halides is 1. The number of halogens is 2. The van der Waals surface area contributed by atoms with E-state index in [1.54, 1.807) is 16.9 Å². The lowest BCUT2D eigenvalue weighted by atomic mass is 10.2. The number of nitrogens with zero attached hydrogens (tertiary/aromatic N) is 2. The van der Waals surface area contributed by atoms with Crippen LogP contribution in [0.1, 0.15) is 11.1 Å². The average molecular weight is 279 g/mol. The van der Waals surface area contributed by atoms with Crippen LogP contribution in [0.2, 0.25) is 0 Å². The highest BCUT2D eigenvalue weighted by Crippen LogP contribution is 2.20. The number of aryl methyl sites for hydroxylation is 1. The second-order valence-corrected chi connectivity index (χ2v) is 4.15. The van der Waals surface area contributed by atoms with Gasteiger partial charge in [0.25, 0.3) is 0 Å². The fraction of sp³-hybridized carbons (Fsp3) is 0.214. The van der Waals surface area contributed by atoms with Gasteiger partial charge in [-0.25, -0.2) is 4.39 Å². The van der Waals surface area contributed by atoms with Gasteiger partial charge < -0.3 is 4.74 Å². The van der Waals surface area contributed by atoms with Crippen molar-refractivity contribution in [3.8, 4) is 17.6 Å². The molecule has 19 heavy (non-hydrogen) atoms. The normalized spacial score (nSPS) is 9.84. The zero-order valence-corrected chi connectivity index (χ0v) is 11.1. The molecule has 0 bridgehead atoms. The van der Waals surface area contributed by atoms with E-state index < -0.39 is 0 Å². The van der Waals surface area contributed by atoms with Crippen molar-refractivity contribution < 1.29 is 9.13 Å². The minimum absolute atomic E-state index is 0.193. The van der Waals surface area contributed by atoms with Crippen molar-refractivity contribution in [1.29, 1.82) is 0 Å². The summed E-state index contributed by atoms with van der Waals surface area (Å²) in [5.74, 6) is 5.83. The van der Waals surface area contributed by atoms with Crippen molar-refractivity contribution in [3.63, 3.8) is 0 Å². The number of hydrogen-bond donors (Lipinski definition) is 0. The van der Waals surface area contributed by atoms with E-state index >= 15 is 0 Å². The van der Waals surface area contributed by atoms with Gasteiger partial charge in [0.2, 0.25) is 0 Å². The van der Waals surface area contributed by atoms with E-state index in [1.807, 2.05) is 13.2 Å². The Morgan fingerprint density at radius 2 is 2.32 bits per heavy atom. The van der Waals surface area contributed by atoms with Gasteiger partial charge in [0.1, 0.15) is 18.2 Å². The molecule has 0 radical (unpaired) electrons. The van der Waals surface area contributed by atoms with Gasteiger partial charge in [0, 0.05) is 18.8 Å². The average Bonchev–Trinajstić information content (AvgIpc) is 2.81. The van der Waals surface area contributed by atoms with Gasteiger partial charge in [-0.1, -0.05) is 11.8 Å². The van der Waals surface area contributed by atoms with Gasteiger partial charge in [0.05, 0.1) is 17.6 Å². The fourth-order valence-electron chi connectivity index (χ4n) is 1.56. The summed E-state index contributed by atoms with van der Waals surface area (Å²) in [6, 6.07) is 4.23. The molecule has 2 rings (SSSR count). The molecule has 3 nitrogen and oxygen atoms in total. The number of benzene rings is 1. The summed E-state index contributed by atoms with van der Waals surface area (Å²) in [5.41, 5.74) is 1.42. The lowest BCUT2D eigenvalue weighted by Crippen LogP contribution is -1.97. The molecule has 0 spiro atoms. The Bertz CT molecular complexity index is 628. The zero-order valence-electron chi connectivity index (χ0n) is 10.4. The van der Waals surface area contributed by atoms with Gasteiger partial charge >= 0.3 is 0 Å². The molecule has 0 amide bonds. The molecule has 0 atom stereocenters. The van der Waals surface area contributed by atoms with Crippen LogP contribution in [0.15, 0.2) is 30.6 Å². The highest BCUT2D eigenvalue weighted by atomic mass is 35.5. The standard InChI is InChI=1S/C14H12ClFN2O/c1-18-9-11(8-17-18)10-19-14-5-4-13(16)7-12(14)3-2-6-15/h4-5,7-9H,6,10H2,1H3. The third kappa shape index (κ3) is 3.73. The first-order valence-electron chi connectivity index (χ1n) is 5.64. The largest absolute Gasteiger partial charge is 0.487 e. The molecule has 2 aromatic rings. The Labute approximate surface area is 116 Å². The number of rotatable bonds is 3. The van der Waals surface area contributed by atoms with Gasteiger partial charge in [0.15, 0.2) is 0 Å². The summed E-state index contributed by atoms with van der Waals surface area (Å²) < 4.78 is 20.5. The predicted octanol–water partition coefficient (Wildman–Crippen LogP) is 2.73. The molecular formula is C14H12ClFN2O. The Morgan fingerprint density at radius 3 is 3.00 bits per heavy atom. The Hall–Kier alpha value is -1.99. The first kappa shape index (κ1) is 13.4. The molecule has 5 heteroatoms. The Kier molecular flexibility index (Phi) is 4.43. The summed E-state index contributed by atoms with van der Waals surface area (Å²) in [4.78, 5) is 0. The van der Waals surface area contributed by atoms with Gasteiger partial charge in [-0.15, -0.1) is 11.6 Å². The van der Waals surface area contributed by atoms with E-state index in [0.29, 0.717) is 17.9 Å². The van der Waals surface area contributed by atoms with E-state index in [0.717, 1.165) is 5.56 Å². The smallest absolute Gasteiger partial charge is 0.135 e. The number of aromatic nitrogens is 2. The highest BCUT2D eigenvalue weighted by molar-refractivity contribution is 6.19. The van der Waals surface area contributed by atoms with Crippen molar-refractivity contribution in [3.05, 3.63) is 47.5 Å². The number of ether oxygens (including phenoxy) is 1. The van der Waals surface area contributed by atoms with Crippen LogP contribution in [0, 0.1) is 17.7 Å². The van der Waals surface area contributed by atoms with Crippen molar-refractivity contribution >= 4 is 11.6 Å². The molecule has 1 aromatic carbocycles. The van der Waals surface area contributed by atoms with Crippen LogP contribution < -0.4 is 4.74 Å². The van der Waals surface area contributed by atoms with Crippen LogP contribution in [-0.2, 0) is 13.7 Å². The van der Waals surface area contributed by atoms with Crippen LogP contribution >= 0.6 is 11.6 Å². The summed E-state index contributed by atoms with van der Waals surface area (Å²) in [6.45, 7) is 0.356. The molecule has 0 aliphatic heterocycles. The monoisotopic (exact) mass is 278 g/mol. The summed E-state index contributed by atoms with van der Waals surface area (Å²) in [6.07, 6.45) is 3.57. The van der Waals surface area contributed by atoms with Gasteiger partial charge in [-0.2, -0.15) is 5.10 Å². The SMILES string of the molecule is Cn1cc(COc2ccc(F)cc2C#CCCl)cn1. The van der Waals surface area contributed by atoms with Crippen molar-refractivity contribution in [2.24, 2.45) is 7.05 Å². The Balaban J connectivity index is 2.15. The third-order valence-electron chi connectivity index (χ3n) is 2.38. The van der Waals surface area contributed by atoms with Crippen molar-refractivity contribution in [2.45, 2.75) is 6.61 Å². The molecule has 0 aliphatic rings. The third-order valence-corrected chi connectivity index (χ3v) is 2.52. The van der Waals surface area contributed by atoms with E-state index in [-0.39, 0.29) is 11.7 Å². The minimum Gasteiger partial charge on any atom is -0.487 e. The van der Waals surface area contributed by atoms with Gasteiger partial charge in [-0.05, 0) is 18.2 Å². The predicted molar refractivity (Wildman–Crippen MR) is 71.5 cm³/mol. The first-order valence-corrected chi connectivity index (χ1v) is 6.17. The van der Waals surface area contributed by atoms with E-state index in [2.05, 4.69) is 16.9 Å². The molecule has 0 aliphatic carbocycles. The lowest BCUT2D eigenvalue weighted by molar-refractivity contribution is 0.305.